The number of fused-ring (bicyclic) bond motifs is 1. The molecular formula is C18H21N5O3. The van der Waals surface area contributed by atoms with Crippen molar-refractivity contribution < 1.29 is 14.1 Å². The molecule has 0 aromatic carbocycles. The van der Waals surface area contributed by atoms with Gasteiger partial charge in [0.2, 0.25) is 11.8 Å². The highest BCUT2D eigenvalue weighted by molar-refractivity contribution is 6.04. The molecule has 0 spiro atoms. The van der Waals surface area contributed by atoms with Crippen LogP contribution in [0.3, 0.4) is 0 Å². The number of carbonyl (C=O) groups excluding carboxylic acids is 2. The molecule has 2 aromatic rings. The molecule has 1 aliphatic carbocycles. The van der Waals surface area contributed by atoms with Crippen LogP contribution in [0.5, 0.6) is 0 Å². The Kier molecular flexibility index (Phi) is 3.97. The van der Waals surface area contributed by atoms with Crippen LogP contribution in [0.25, 0.3) is 0 Å². The molecule has 2 aliphatic rings. The molecule has 0 saturated heterocycles. The van der Waals surface area contributed by atoms with Crippen LogP contribution in [0.15, 0.2) is 16.8 Å². The van der Waals surface area contributed by atoms with E-state index in [4.69, 9.17) is 4.52 Å². The van der Waals surface area contributed by atoms with Crippen LogP contribution in [-0.4, -0.2) is 26.9 Å². The SMILES string of the molecule is CC(C)c1nc(C2(NC(=O)c3ccnc4c3CC(=O)N4)CCCC2)no1. The summed E-state index contributed by atoms with van der Waals surface area (Å²) in [4.78, 5) is 33.3. The second-order valence-corrected chi connectivity index (χ2v) is 7.26. The maximum absolute atomic E-state index is 13.0. The van der Waals surface area contributed by atoms with Gasteiger partial charge in [-0.15, -0.1) is 0 Å². The maximum Gasteiger partial charge on any atom is 0.252 e. The minimum Gasteiger partial charge on any atom is -0.339 e. The Balaban J connectivity index is 1.64. The van der Waals surface area contributed by atoms with Crippen LogP contribution < -0.4 is 10.6 Å². The second-order valence-electron chi connectivity index (χ2n) is 7.26. The van der Waals surface area contributed by atoms with Gasteiger partial charge in [-0.2, -0.15) is 4.98 Å². The predicted octanol–water partition coefficient (Wildman–Crippen LogP) is 2.28. The van der Waals surface area contributed by atoms with E-state index in [-0.39, 0.29) is 24.2 Å². The zero-order valence-electron chi connectivity index (χ0n) is 14.8. The van der Waals surface area contributed by atoms with Crippen molar-refractivity contribution in [3.8, 4) is 0 Å². The predicted molar refractivity (Wildman–Crippen MR) is 92.6 cm³/mol. The molecule has 2 aromatic heterocycles. The molecule has 8 nitrogen and oxygen atoms in total. The molecule has 0 bridgehead atoms. The minimum absolute atomic E-state index is 0.131. The summed E-state index contributed by atoms with van der Waals surface area (Å²) >= 11 is 0. The van der Waals surface area contributed by atoms with Gasteiger partial charge >= 0.3 is 0 Å². The van der Waals surface area contributed by atoms with E-state index < -0.39 is 5.54 Å². The van der Waals surface area contributed by atoms with Crippen molar-refractivity contribution in [2.45, 2.75) is 57.4 Å². The van der Waals surface area contributed by atoms with Gasteiger partial charge in [-0.3, -0.25) is 9.59 Å². The molecule has 0 atom stereocenters. The third-order valence-electron chi connectivity index (χ3n) is 5.07. The zero-order valence-corrected chi connectivity index (χ0v) is 14.8. The number of nitrogens with zero attached hydrogens (tertiary/aromatic N) is 3. The maximum atomic E-state index is 13.0. The highest BCUT2D eigenvalue weighted by Crippen LogP contribution is 2.38. The van der Waals surface area contributed by atoms with Crippen LogP contribution in [0.2, 0.25) is 0 Å². The Morgan fingerprint density at radius 1 is 1.35 bits per heavy atom. The van der Waals surface area contributed by atoms with Crippen LogP contribution in [0.4, 0.5) is 5.82 Å². The van der Waals surface area contributed by atoms with Crippen molar-refractivity contribution in [1.29, 1.82) is 0 Å². The third kappa shape index (κ3) is 2.75. The summed E-state index contributed by atoms with van der Waals surface area (Å²) in [5.41, 5.74) is 0.478. The van der Waals surface area contributed by atoms with Crippen molar-refractivity contribution in [3.05, 3.63) is 35.1 Å². The first-order chi connectivity index (χ1) is 12.5. The Morgan fingerprint density at radius 2 is 2.12 bits per heavy atom. The summed E-state index contributed by atoms with van der Waals surface area (Å²) in [6, 6.07) is 1.65. The highest BCUT2D eigenvalue weighted by atomic mass is 16.5. The fourth-order valence-electron chi connectivity index (χ4n) is 3.66. The van der Waals surface area contributed by atoms with E-state index in [1.165, 1.54) is 6.20 Å². The van der Waals surface area contributed by atoms with Crippen LogP contribution >= 0.6 is 0 Å². The van der Waals surface area contributed by atoms with Gasteiger partial charge in [0.25, 0.3) is 5.91 Å². The molecule has 3 heterocycles. The summed E-state index contributed by atoms with van der Waals surface area (Å²) in [6.45, 7) is 3.98. The van der Waals surface area contributed by atoms with E-state index in [1.807, 2.05) is 13.8 Å². The monoisotopic (exact) mass is 355 g/mol. The van der Waals surface area contributed by atoms with E-state index in [0.29, 0.717) is 28.7 Å². The Hall–Kier alpha value is -2.77. The molecule has 1 saturated carbocycles. The Morgan fingerprint density at radius 3 is 2.81 bits per heavy atom. The first-order valence-corrected chi connectivity index (χ1v) is 8.93. The standard InChI is InChI=1S/C18H21N5O3/c1-10(2)16-21-17(23-26-16)18(6-3-4-7-18)22-15(25)11-5-8-19-14-12(11)9-13(24)20-14/h5,8,10H,3-4,6-7,9H2,1-2H3,(H,22,25)(H,19,20,24). The summed E-state index contributed by atoms with van der Waals surface area (Å²) in [6.07, 6.45) is 5.20. The molecule has 8 heteroatoms. The number of pyridine rings is 1. The Labute approximate surface area is 150 Å². The topological polar surface area (TPSA) is 110 Å². The van der Waals surface area contributed by atoms with Crippen molar-refractivity contribution in [2.24, 2.45) is 0 Å². The van der Waals surface area contributed by atoms with Gasteiger partial charge in [0.1, 0.15) is 11.4 Å². The van der Waals surface area contributed by atoms with Gasteiger partial charge in [-0.05, 0) is 18.9 Å². The lowest BCUT2D eigenvalue weighted by molar-refractivity contribution is -0.115. The number of hydrogen-bond donors (Lipinski definition) is 2. The Bertz CT molecular complexity index is 867. The van der Waals surface area contributed by atoms with Gasteiger partial charge in [0.05, 0.1) is 6.42 Å². The van der Waals surface area contributed by atoms with E-state index in [0.717, 1.165) is 25.7 Å². The summed E-state index contributed by atoms with van der Waals surface area (Å²) in [7, 11) is 0. The lowest BCUT2D eigenvalue weighted by atomic mass is 9.95. The number of amides is 2. The number of nitrogens with one attached hydrogen (secondary N) is 2. The number of rotatable bonds is 4. The average Bonchev–Trinajstić information content (AvgIpc) is 3.32. The number of carbonyl (C=O) groups is 2. The van der Waals surface area contributed by atoms with Crippen LogP contribution in [0, 0.1) is 0 Å². The fourth-order valence-corrected chi connectivity index (χ4v) is 3.66. The van der Waals surface area contributed by atoms with E-state index >= 15 is 0 Å². The largest absolute Gasteiger partial charge is 0.339 e. The zero-order chi connectivity index (χ0) is 18.3. The van der Waals surface area contributed by atoms with Crippen molar-refractivity contribution in [3.63, 3.8) is 0 Å². The third-order valence-corrected chi connectivity index (χ3v) is 5.07. The number of aromatic nitrogens is 3. The van der Waals surface area contributed by atoms with E-state index in [9.17, 15) is 9.59 Å². The van der Waals surface area contributed by atoms with Gasteiger partial charge in [-0.1, -0.05) is 31.8 Å². The second kappa shape index (κ2) is 6.19. The van der Waals surface area contributed by atoms with Crippen LogP contribution in [0.1, 0.15) is 73.1 Å². The first kappa shape index (κ1) is 16.7. The summed E-state index contributed by atoms with van der Waals surface area (Å²) in [5, 5.41) is 9.95. The molecule has 136 valence electrons. The van der Waals surface area contributed by atoms with Gasteiger partial charge in [-0.25, -0.2) is 4.98 Å². The lowest BCUT2D eigenvalue weighted by Crippen LogP contribution is -2.45. The normalized spacial score (nSPS) is 18.0. The molecule has 2 amide bonds. The minimum atomic E-state index is -0.625. The quantitative estimate of drug-likeness (QED) is 0.871. The van der Waals surface area contributed by atoms with E-state index in [1.54, 1.807) is 6.07 Å². The smallest absolute Gasteiger partial charge is 0.252 e. The molecule has 1 aliphatic heterocycles. The molecule has 0 radical (unpaired) electrons. The molecule has 26 heavy (non-hydrogen) atoms. The van der Waals surface area contributed by atoms with Gasteiger partial charge in [0.15, 0.2) is 5.82 Å². The van der Waals surface area contributed by atoms with E-state index in [2.05, 4.69) is 25.8 Å². The summed E-state index contributed by atoms with van der Waals surface area (Å²) in [5.74, 6) is 1.31. The fraction of sp³-hybridized carbons (Fsp3) is 0.500. The van der Waals surface area contributed by atoms with Crippen molar-refractivity contribution in [2.75, 3.05) is 5.32 Å². The first-order valence-electron chi connectivity index (χ1n) is 8.93. The molecule has 0 unspecified atom stereocenters. The molecular weight excluding hydrogens is 334 g/mol. The number of hydrogen-bond acceptors (Lipinski definition) is 6. The van der Waals surface area contributed by atoms with Crippen LogP contribution in [-0.2, 0) is 16.8 Å². The summed E-state index contributed by atoms with van der Waals surface area (Å²) < 4.78 is 5.36. The molecule has 4 rings (SSSR count). The average molecular weight is 355 g/mol. The molecule has 1 fully saturated rings. The van der Waals surface area contributed by atoms with Gasteiger partial charge in [0, 0.05) is 23.2 Å². The highest BCUT2D eigenvalue weighted by Gasteiger charge is 2.42. The number of anilines is 1. The van der Waals surface area contributed by atoms with Crippen molar-refractivity contribution >= 4 is 17.6 Å². The van der Waals surface area contributed by atoms with Gasteiger partial charge < -0.3 is 15.2 Å². The van der Waals surface area contributed by atoms with Crippen molar-refractivity contribution in [1.82, 2.24) is 20.4 Å². The lowest BCUT2D eigenvalue weighted by Gasteiger charge is -2.27. The molecule has 2 N–H and O–H groups in total.